The Bertz CT molecular complexity index is 589. The Balaban J connectivity index is 2.31. The molecule has 0 amide bonds. The molecule has 0 bridgehead atoms. The van der Waals surface area contributed by atoms with Crippen molar-refractivity contribution in [2.45, 2.75) is 6.42 Å². The molecular formula is C13H15N3O2S. The third-order valence-electron chi connectivity index (χ3n) is 2.61. The maximum atomic E-state index is 11.0. The predicted octanol–water partition coefficient (Wildman–Crippen LogP) is 2.49. The minimum Gasteiger partial charge on any atom is -0.475 e. The second-order valence-electron chi connectivity index (χ2n) is 3.99. The fourth-order valence-electron chi connectivity index (χ4n) is 1.73. The highest BCUT2D eigenvalue weighted by atomic mass is 32.2. The highest BCUT2D eigenvalue weighted by Gasteiger charge is 2.11. The van der Waals surface area contributed by atoms with E-state index in [4.69, 9.17) is 5.11 Å². The smallest absolute Gasteiger partial charge is 0.374 e. The summed E-state index contributed by atoms with van der Waals surface area (Å²) in [4.78, 5) is 19.1. The van der Waals surface area contributed by atoms with Crippen molar-refractivity contribution in [3.8, 4) is 0 Å². The zero-order chi connectivity index (χ0) is 13.7. The molecule has 0 fully saturated rings. The van der Waals surface area contributed by atoms with E-state index in [1.54, 1.807) is 17.8 Å². The molecule has 0 atom stereocenters. The lowest BCUT2D eigenvalue weighted by Gasteiger charge is -2.09. The fourth-order valence-corrected chi connectivity index (χ4v) is 2.16. The summed E-state index contributed by atoms with van der Waals surface area (Å²) in [6, 6.07) is 7.39. The van der Waals surface area contributed by atoms with Gasteiger partial charge in [0.15, 0.2) is 0 Å². The maximum Gasteiger partial charge on any atom is 0.374 e. The minimum absolute atomic E-state index is 0.175. The molecule has 5 nitrogen and oxygen atoms in total. The fraction of sp³-hybridized carbons (Fsp3) is 0.308. The van der Waals surface area contributed by atoms with Crippen molar-refractivity contribution in [3.05, 3.63) is 30.1 Å². The molecule has 1 aromatic carbocycles. The zero-order valence-corrected chi connectivity index (χ0v) is 11.4. The van der Waals surface area contributed by atoms with E-state index in [9.17, 15) is 4.79 Å². The van der Waals surface area contributed by atoms with E-state index in [0.29, 0.717) is 11.3 Å². The van der Waals surface area contributed by atoms with E-state index in [1.807, 2.05) is 18.2 Å². The van der Waals surface area contributed by atoms with Gasteiger partial charge in [0.2, 0.25) is 5.82 Å². The summed E-state index contributed by atoms with van der Waals surface area (Å²) in [5, 5.41) is 13.1. The van der Waals surface area contributed by atoms with Crippen LogP contribution in [0.25, 0.3) is 10.9 Å². The van der Waals surface area contributed by atoms with Crippen LogP contribution in [0.3, 0.4) is 0 Å². The van der Waals surface area contributed by atoms with E-state index < -0.39 is 5.97 Å². The number of carbonyl (C=O) groups is 1. The quantitative estimate of drug-likeness (QED) is 0.790. The van der Waals surface area contributed by atoms with Crippen molar-refractivity contribution < 1.29 is 9.90 Å². The van der Waals surface area contributed by atoms with Crippen LogP contribution in [0.4, 0.5) is 5.82 Å². The largest absolute Gasteiger partial charge is 0.475 e. The Morgan fingerprint density at radius 1 is 1.37 bits per heavy atom. The molecule has 2 N–H and O–H groups in total. The Hall–Kier alpha value is -1.82. The van der Waals surface area contributed by atoms with Gasteiger partial charge in [0.1, 0.15) is 5.82 Å². The number of carboxylic acid groups (broad SMARTS) is 1. The van der Waals surface area contributed by atoms with E-state index in [2.05, 4.69) is 21.5 Å². The molecule has 19 heavy (non-hydrogen) atoms. The van der Waals surface area contributed by atoms with Crippen molar-refractivity contribution in [3.63, 3.8) is 0 Å². The van der Waals surface area contributed by atoms with Gasteiger partial charge in [0.25, 0.3) is 0 Å². The topological polar surface area (TPSA) is 75.1 Å². The van der Waals surface area contributed by atoms with E-state index >= 15 is 0 Å². The molecule has 0 aliphatic rings. The Kier molecular flexibility index (Phi) is 4.57. The highest BCUT2D eigenvalue weighted by molar-refractivity contribution is 7.98. The van der Waals surface area contributed by atoms with Gasteiger partial charge in [-0.1, -0.05) is 12.1 Å². The van der Waals surface area contributed by atoms with Crippen LogP contribution in [0.1, 0.15) is 17.0 Å². The van der Waals surface area contributed by atoms with Crippen LogP contribution in [-0.4, -0.2) is 39.6 Å². The Morgan fingerprint density at radius 3 is 2.89 bits per heavy atom. The summed E-state index contributed by atoms with van der Waals surface area (Å²) in [7, 11) is 0. The first-order chi connectivity index (χ1) is 9.22. The number of hydrogen-bond acceptors (Lipinski definition) is 5. The normalized spacial score (nSPS) is 10.6. The first-order valence-electron chi connectivity index (χ1n) is 5.95. The molecule has 0 spiro atoms. The lowest BCUT2D eigenvalue weighted by Crippen LogP contribution is -2.10. The van der Waals surface area contributed by atoms with Gasteiger partial charge in [-0.3, -0.25) is 0 Å². The van der Waals surface area contributed by atoms with Crippen LogP contribution < -0.4 is 5.32 Å². The van der Waals surface area contributed by atoms with E-state index in [1.165, 1.54) is 0 Å². The number of aromatic carboxylic acids is 1. The molecule has 100 valence electrons. The molecule has 1 aromatic heterocycles. The van der Waals surface area contributed by atoms with Gasteiger partial charge in [-0.25, -0.2) is 14.8 Å². The predicted molar refractivity (Wildman–Crippen MR) is 78.0 cm³/mol. The SMILES string of the molecule is CSCCCNc1nc(C(=O)O)nc2ccccc12. The number of rotatable bonds is 6. The average molecular weight is 277 g/mol. The van der Waals surface area contributed by atoms with Gasteiger partial charge in [0.05, 0.1) is 5.52 Å². The van der Waals surface area contributed by atoms with E-state index in [0.717, 1.165) is 24.1 Å². The van der Waals surface area contributed by atoms with Gasteiger partial charge in [-0.15, -0.1) is 0 Å². The lowest BCUT2D eigenvalue weighted by molar-refractivity contribution is 0.0684. The number of nitrogens with one attached hydrogen (secondary N) is 1. The molecule has 1 heterocycles. The van der Waals surface area contributed by atoms with Crippen LogP contribution >= 0.6 is 11.8 Å². The molecule has 0 aliphatic heterocycles. The summed E-state index contributed by atoms with van der Waals surface area (Å²) in [6.07, 6.45) is 3.06. The number of thioether (sulfide) groups is 1. The van der Waals surface area contributed by atoms with Gasteiger partial charge in [0, 0.05) is 11.9 Å². The van der Waals surface area contributed by atoms with Crippen LogP contribution in [0, 0.1) is 0 Å². The van der Waals surface area contributed by atoms with Crippen molar-refractivity contribution >= 4 is 34.5 Å². The number of hydrogen-bond donors (Lipinski definition) is 2. The molecule has 0 unspecified atom stereocenters. The average Bonchev–Trinajstić information content (AvgIpc) is 2.43. The first kappa shape index (κ1) is 13.6. The summed E-state index contributed by atoms with van der Waals surface area (Å²) < 4.78 is 0. The molecule has 0 saturated carbocycles. The number of fused-ring (bicyclic) bond motifs is 1. The van der Waals surface area contributed by atoms with Crippen LogP contribution in [-0.2, 0) is 0 Å². The maximum absolute atomic E-state index is 11.0. The number of aromatic nitrogens is 2. The third kappa shape index (κ3) is 3.35. The Morgan fingerprint density at radius 2 is 2.16 bits per heavy atom. The second-order valence-corrected chi connectivity index (χ2v) is 4.98. The van der Waals surface area contributed by atoms with Crippen LogP contribution in [0.5, 0.6) is 0 Å². The number of para-hydroxylation sites is 1. The summed E-state index contributed by atoms with van der Waals surface area (Å²) in [5.41, 5.74) is 0.641. The molecule has 6 heteroatoms. The number of carboxylic acids is 1. The first-order valence-corrected chi connectivity index (χ1v) is 7.34. The summed E-state index contributed by atoms with van der Waals surface area (Å²) in [6.45, 7) is 0.765. The molecule has 0 aliphatic carbocycles. The van der Waals surface area contributed by atoms with Crippen molar-refractivity contribution in [1.82, 2.24) is 9.97 Å². The standard InChI is InChI=1S/C13H15N3O2S/c1-19-8-4-7-14-11-9-5-2-3-6-10(9)15-12(16-11)13(17)18/h2-3,5-6H,4,7-8H2,1H3,(H,17,18)(H,14,15,16). The van der Waals surface area contributed by atoms with Gasteiger partial charge >= 0.3 is 5.97 Å². The van der Waals surface area contributed by atoms with Crippen molar-refractivity contribution in [2.75, 3.05) is 23.9 Å². The number of nitrogens with zero attached hydrogens (tertiary/aromatic N) is 2. The minimum atomic E-state index is -1.11. The molecule has 2 rings (SSSR count). The molecular weight excluding hydrogens is 262 g/mol. The molecule has 0 radical (unpaired) electrons. The van der Waals surface area contributed by atoms with Crippen LogP contribution in [0.2, 0.25) is 0 Å². The second kappa shape index (κ2) is 6.38. The lowest BCUT2D eigenvalue weighted by atomic mass is 10.2. The van der Waals surface area contributed by atoms with Gasteiger partial charge in [-0.2, -0.15) is 11.8 Å². The van der Waals surface area contributed by atoms with Crippen molar-refractivity contribution in [1.29, 1.82) is 0 Å². The van der Waals surface area contributed by atoms with E-state index in [-0.39, 0.29) is 5.82 Å². The Labute approximate surface area is 115 Å². The van der Waals surface area contributed by atoms with Gasteiger partial charge < -0.3 is 10.4 Å². The monoisotopic (exact) mass is 277 g/mol. The zero-order valence-electron chi connectivity index (χ0n) is 10.6. The number of anilines is 1. The highest BCUT2D eigenvalue weighted by Crippen LogP contribution is 2.20. The van der Waals surface area contributed by atoms with Gasteiger partial charge in [-0.05, 0) is 30.6 Å². The number of benzene rings is 1. The van der Waals surface area contributed by atoms with Crippen LogP contribution in [0.15, 0.2) is 24.3 Å². The third-order valence-corrected chi connectivity index (χ3v) is 3.31. The molecule has 0 saturated heterocycles. The van der Waals surface area contributed by atoms with Crippen molar-refractivity contribution in [2.24, 2.45) is 0 Å². The summed E-state index contributed by atoms with van der Waals surface area (Å²) in [5.74, 6) is 0.356. The summed E-state index contributed by atoms with van der Waals surface area (Å²) >= 11 is 1.78. The molecule has 2 aromatic rings.